The van der Waals surface area contributed by atoms with E-state index < -0.39 is 0 Å². The highest BCUT2D eigenvalue weighted by Gasteiger charge is 2.52. The summed E-state index contributed by atoms with van der Waals surface area (Å²) in [5.74, 6) is 1.78. The van der Waals surface area contributed by atoms with Crippen LogP contribution in [0.25, 0.3) is 27.5 Å². The Hall–Kier alpha value is -2.66. The summed E-state index contributed by atoms with van der Waals surface area (Å²) in [5, 5.41) is 9.96. The van der Waals surface area contributed by atoms with Crippen LogP contribution in [-0.4, -0.2) is 28.0 Å². The number of hydrogen-bond acceptors (Lipinski definition) is 2. The number of halogens is 1. The zero-order valence-corrected chi connectivity index (χ0v) is 20.0. The monoisotopic (exact) mass is 457 g/mol. The topological polar surface area (TPSA) is 42.8 Å². The van der Waals surface area contributed by atoms with Gasteiger partial charge < -0.3 is 9.30 Å². The zero-order valence-electron chi connectivity index (χ0n) is 20.0. The molecule has 34 heavy (non-hydrogen) atoms. The van der Waals surface area contributed by atoms with Gasteiger partial charge in [-0.25, -0.2) is 4.39 Å². The summed E-state index contributed by atoms with van der Waals surface area (Å²) in [6, 6.07) is 10.2. The second kappa shape index (κ2) is 7.42. The Morgan fingerprint density at radius 1 is 1.06 bits per heavy atom. The van der Waals surface area contributed by atoms with E-state index in [0.717, 1.165) is 48.6 Å². The van der Waals surface area contributed by atoms with Gasteiger partial charge in [0.15, 0.2) is 0 Å². The van der Waals surface area contributed by atoms with E-state index in [1.807, 2.05) is 25.3 Å². The minimum atomic E-state index is -0.148. The third kappa shape index (κ3) is 3.02. The Morgan fingerprint density at radius 2 is 1.85 bits per heavy atom. The molecule has 4 nitrogen and oxygen atoms in total. The molecule has 0 radical (unpaired) electrons. The highest BCUT2D eigenvalue weighted by atomic mass is 19.1. The van der Waals surface area contributed by atoms with E-state index in [1.165, 1.54) is 47.8 Å². The van der Waals surface area contributed by atoms with Gasteiger partial charge in [-0.05, 0) is 104 Å². The summed E-state index contributed by atoms with van der Waals surface area (Å²) >= 11 is 0. The number of nitrogens with one attached hydrogen (secondary N) is 1. The molecule has 5 heteroatoms. The smallest absolute Gasteiger partial charge is 0.126 e. The standard InChI is InChI=1S/C29H32FN3O/c1-17-12-29(13-17)14-21(15-29)27-23-11-25-20(16-31-32-25)10-26(23)33(22-3-4-24(30)18(2)9-22)28(27)19-5-7-34-8-6-19/h3-4,9-11,16-17,19,21H,5-8,12-15H2,1-2H3,(H,31,32). The van der Waals surface area contributed by atoms with Crippen LogP contribution in [0.4, 0.5) is 4.39 Å². The summed E-state index contributed by atoms with van der Waals surface area (Å²) in [6.07, 6.45) is 9.36. The van der Waals surface area contributed by atoms with E-state index in [9.17, 15) is 4.39 Å². The van der Waals surface area contributed by atoms with E-state index in [2.05, 4.69) is 33.8 Å². The van der Waals surface area contributed by atoms with Crippen molar-refractivity contribution in [3.05, 3.63) is 59.2 Å². The number of H-pyrrole nitrogens is 1. The second-order valence-electron chi connectivity index (χ2n) is 11.4. The van der Waals surface area contributed by atoms with E-state index in [1.54, 1.807) is 6.07 Å². The van der Waals surface area contributed by atoms with Crippen molar-refractivity contribution in [2.24, 2.45) is 11.3 Å². The highest BCUT2D eigenvalue weighted by Crippen LogP contribution is 2.65. The largest absolute Gasteiger partial charge is 0.381 e. The first-order valence-corrected chi connectivity index (χ1v) is 12.9. The maximum Gasteiger partial charge on any atom is 0.126 e. The number of aromatic nitrogens is 3. The third-order valence-corrected chi connectivity index (χ3v) is 8.94. The third-order valence-electron chi connectivity index (χ3n) is 8.94. The molecule has 3 aliphatic rings. The van der Waals surface area contributed by atoms with Gasteiger partial charge in [0.1, 0.15) is 5.82 Å². The average Bonchev–Trinajstić information content (AvgIpc) is 3.38. The number of aryl methyl sites for hydroxylation is 1. The van der Waals surface area contributed by atoms with Crippen molar-refractivity contribution < 1.29 is 9.13 Å². The molecule has 2 saturated carbocycles. The molecule has 4 aromatic rings. The van der Waals surface area contributed by atoms with Gasteiger partial charge in [-0.15, -0.1) is 0 Å². The molecule has 1 spiro atoms. The Bertz CT molecular complexity index is 1400. The van der Waals surface area contributed by atoms with Gasteiger partial charge >= 0.3 is 0 Å². The Balaban J connectivity index is 1.48. The fourth-order valence-electron chi connectivity index (χ4n) is 7.56. The average molecular weight is 458 g/mol. The van der Waals surface area contributed by atoms with Crippen molar-refractivity contribution in [2.45, 2.75) is 64.2 Å². The number of fused-ring (bicyclic) bond motifs is 2. The predicted octanol–water partition coefficient (Wildman–Crippen LogP) is 7.14. The lowest BCUT2D eigenvalue weighted by Crippen LogP contribution is -2.45. The molecule has 0 atom stereocenters. The molecular weight excluding hydrogens is 425 g/mol. The van der Waals surface area contributed by atoms with Crippen molar-refractivity contribution in [1.82, 2.24) is 14.8 Å². The number of hydrogen-bond donors (Lipinski definition) is 1. The van der Waals surface area contributed by atoms with Crippen molar-refractivity contribution in [3.8, 4) is 5.69 Å². The fourth-order valence-corrected chi connectivity index (χ4v) is 7.56. The fraction of sp³-hybridized carbons (Fsp3) is 0.483. The number of rotatable bonds is 3. The van der Waals surface area contributed by atoms with Crippen LogP contribution in [0.2, 0.25) is 0 Å². The molecule has 0 bridgehead atoms. The normalized spacial score (nSPS) is 27.4. The van der Waals surface area contributed by atoms with Gasteiger partial charge in [0.2, 0.25) is 0 Å². The first-order chi connectivity index (χ1) is 16.5. The maximum absolute atomic E-state index is 14.3. The van der Waals surface area contributed by atoms with Crippen LogP contribution in [0, 0.1) is 24.1 Å². The molecule has 1 aliphatic heterocycles. The van der Waals surface area contributed by atoms with E-state index in [-0.39, 0.29) is 5.82 Å². The molecule has 3 fully saturated rings. The van der Waals surface area contributed by atoms with Gasteiger partial charge in [0.05, 0.1) is 17.2 Å². The molecule has 7 rings (SSSR count). The van der Waals surface area contributed by atoms with Gasteiger partial charge in [-0.1, -0.05) is 6.92 Å². The van der Waals surface area contributed by atoms with E-state index in [4.69, 9.17) is 4.74 Å². The quantitative estimate of drug-likeness (QED) is 0.355. The Morgan fingerprint density at radius 3 is 2.59 bits per heavy atom. The molecule has 2 aliphatic carbocycles. The van der Waals surface area contributed by atoms with E-state index in [0.29, 0.717) is 22.8 Å². The molecule has 176 valence electrons. The van der Waals surface area contributed by atoms with Crippen LogP contribution in [0.15, 0.2) is 36.5 Å². The number of ether oxygens (including phenoxy) is 1. The summed E-state index contributed by atoms with van der Waals surface area (Å²) in [6.45, 7) is 5.88. The predicted molar refractivity (Wildman–Crippen MR) is 133 cm³/mol. The van der Waals surface area contributed by atoms with Crippen LogP contribution in [0.3, 0.4) is 0 Å². The van der Waals surface area contributed by atoms with Gasteiger partial charge in [-0.2, -0.15) is 5.10 Å². The molecule has 0 unspecified atom stereocenters. The molecule has 3 heterocycles. The van der Waals surface area contributed by atoms with Crippen LogP contribution >= 0.6 is 0 Å². The summed E-state index contributed by atoms with van der Waals surface area (Å²) in [5.41, 5.74) is 7.61. The lowest BCUT2D eigenvalue weighted by atomic mass is 9.47. The first-order valence-electron chi connectivity index (χ1n) is 12.9. The van der Waals surface area contributed by atoms with Crippen molar-refractivity contribution >= 4 is 21.8 Å². The number of aromatic amines is 1. The molecule has 2 aromatic heterocycles. The highest BCUT2D eigenvalue weighted by molar-refractivity contribution is 5.99. The van der Waals surface area contributed by atoms with Crippen LogP contribution < -0.4 is 0 Å². The lowest BCUT2D eigenvalue weighted by molar-refractivity contribution is -0.0342. The molecule has 1 N–H and O–H groups in total. The maximum atomic E-state index is 14.3. The molecular formula is C29H32FN3O. The van der Waals surface area contributed by atoms with Crippen LogP contribution in [-0.2, 0) is 4.74 Å². The minimum Gasteiger partial charge on any atom is -0.381 e. The van der Waals surface area contributed by atoms with Crippen molar-refractivity contribution in [3.63, 3.8) is 0 Å². The Labute approximate surface area is 199 Å². The number of benzene rings is 2. The van der Waals surface area contributed by atoms with E-state index >= 15 is 0 Å². The van der Waals surface area contributed by atoms with Crippen LogP contribution in [0.5, 0.6) is 0 Å². The van der Waals surface area contributed by atoms with Gasteiger partial charge in [0, 0.05) is 41.3 Å². The summed E-state index contributed by atoms with van der Waals surface area (Å²) in [7, 11) is 0. The minimum absolute atomic E-state index is 0.148. The summed E-state index contributed by atoms with van der Waals surface area (Å²) < 4.78 is 22.5. The number of nitrogens with zero attached hydrogens (tertiary/aromatic N) is 2. The molecule has 2 aromatic carbocycles. The molecule has 1 saturated heterocycles. The Kier molecular flexibility index (Phi) is 4.51. The van der Waals surface area contributed by atoms with Gasteiger partial charge in [-0.3, -0.25) is 5.10 Å². The van der Waals surface area contributed by atoms with Crippen molar-refractivity contribution in [2.75, 3.05) is 13.2 Å². The van der Waals surface area contributed by atoms with Crippen LogP contribution in [0.1, 0.15) is 74.1 Å². The van der Waals surface area contributed by atoms with Crippen molar-refractivity contribution in [1.29, 1.82) is 0 Å². The lowest BCUT2D eigenvalue weighted by Gasteiger charge is -2.57. The molecule has 0 amide bonds. The second-order valence-corrected chi connectivity index (χ2v) is 11.4. The summed E-state index contributed by atoms with van der Waals surface area (Å²) in [4.78, 5) is 0. The zero-order chi connectivity index (χ0) is 23.0. The van der Waals surface area contributed by atoms with Gasteiger partial charge in [0.25, 0.3) is 0 Å². The first kappa shape index (κ1) is 20.7. The SMILES string of the molecule is Cc1cc(-n2c(C3CCOCC3)c(C3CC4(CC(C)C4)C3)c3cc4[nH]ncc4cc32)ccc1F.